The lowest BCUT2D eigenvalue weighted by molar-refractivity contribution is 0.0687. The van der Waals surface area contributed by atoms with Gasteiger partial charge in [-0.25, -0.2) is 9.89 Å². The van der Waals surface area contributed by atoms with Crippen LogP contribution in [0.4, 0.5) is 0 Å². The predicted octanol–water partition coefficient (Wildman–Crippen LogP) is 2.24. The second-order valence-corrected chi connectivity index (χ2v) is 7.59. The first-order chi connectivity index (χ1) is 13.4. The predicted molar refractivity (Wildman–Crippen MR) is 98.0 cm³/mol. The van der Waals surface area contributed by atoms with Crippen molar-refractivity contribution in [2.24, 2.45) is 0 Å². The van der Waals surface area contributed by atoms with Crippen molar-refractivity contribution in [1.29, 1.82) is 0 Å². The highest BCUT2D eigenvalue weighted by molar-refractivity contribution is 7.81. The number of H-pyrrole nitrogens is 1. The van der Waals surface area contributed by atoms with Crippen LogP contribution in [-0.2, 0) is 11.1 Å². The summed E-state index contributed by atoms with van der Waals surface area (Å²) in [4.78, 5) is 11.1. The van der Waals surface area contributed by atoms with Crippen molar-refractivity contribution in [3.05, 3.63) is 29.5 Å². The maximum atomic E-state index is 11.8. The van der Waals surface area contributed by atoms with Crippen molar-refractivity contribution in [3.8, 4) is 29.2 Å². The first-order valence-electron chi connectivity index (χ1n) is 8.57. The number of nitrogens with zero attached hydrogens (tertiary/aromatic N) is 2. The number of methoxy groups -OCH3 is 1. The lowest BCUT2D eigenvalue weighted by Gasteiger charge is -2.34. The van der Waals surface area contributed by atoms with Crippen LogP contribution in [0.2, 0.25) is 0 Å². The van der Waals surface area contributed by atoms with E-state index in [0.29, 0.717) is 24.2 Å². The Bertz CT molecular complexity index is 956. The average molecular weight is 404 g/mol. The molecule has 1 unspecified atom stereocenters. The standard InChI is InChI=1S/C18H19N3O6S/c1-26-13-9-12(5-8-18(28(24)25)6-3-2-4-7-18)10-14(11-13)27-16-15(17(22)23)19-21-20-16/h9-11H,2-4,6-7H2,1H3,(H,22,23)(H,24,25)(H,19,20,21)/p-1. The highest BCUT2D eigenvalue weighted by Gasteiger charge is 2.31. The fourth-order valence-electron chi connectivity index (χ4n) is 3.00. The van der Waals surface area contributed by atoms with Gasteiger partial charge < -0.3 is 19.1 Å². The molecule has 148 valence electrons. The Morgan fingerprint density at radius 1 is 1.29 bits per heavy atom. The van der Waals surface area contributed by atoms with E-state index < -0.39 is 21.8 Å². The van der Waals surface area contributed by atoms with Crippen LogP contribution < -0.4 is 9.47 Å². The molecule has 0 amide bonds. The van der Waals surface area contributed by atoms with Crippen molar-refractivity contribution in [2.75, 3.05) is 7.11 Å². The molecular weight excluding hydrogens is 386 g/mol. The zero-order valence-electron chi connectivity index (χ0n) is 15.1. The lowest BCUT2D eigenvalue weighted by Crippen LogP contribution is -2.35. The SMILES string of the molecule is COc1cc(C#CC2(S(=O)[O-])CCCCC2)cc(Oc2nn[nH]c2C(=O)O)c1. The zero-order chi connectivity index (χ0) is 20.1. The van der Waals surface area contributed by atoms with Crippen LogP contribution in [0.3, 0.4) is 0 Å². The van der Waals surface area contributed by atoms with Gasteiger partial charge in [-0.2, -0.15) is 0 Å². The third kappa shape index (κ3) is 4.32. The number of rotatable bonds is 5. The second-order valence-electron chi connectivity index (χ2n) is 6.34. The van der Waals surface area contributed by atoms with Crippen LogP contribution >= 0.6 is 0 Å². The maximum absolute atomic E-state index is 11.8. The first-order valence-corrected chi connectivity index (χ1v) is 9.65. The fraction of sp³-hybridized carbons (Fsp3) is 0.389. The molecule has 9 nitrogen and oxygen atoms in total. The molecule has 1 aromatic heterocycles. The van der Waals surface area contributed by atoms with E-state index in [-0.39, 0.29) is 17.3 Å². The molecule has 0 aliphatic heterocycles. The molecule has 1 fully saturated rings. The van der Waals surface area contributed by atoms with Crippen molar-refractivity contribution < 1.29 is 28.1 Å². The number of carbonyl (C=O) groups is 1. The number of nitrogens with one attached hydrogen (secondary N) is 1. The highest BCUT2D eigenvalue weighted by atomic mass is 32.2. The molecule has 1 aromatic carbocycles. The van der Waals surface area contributed by atoms with Gasteiger partial charge in [0, 0.05) is 11.6 Å². The van der Waals surface area contributed by atoms with Gasteiger partial charge >= 0.3 is 5.97 Å². The first kappa shape index (κ1) is 19.9. The molecule has 1 atom stereocenters. The summed E-state index contributed by atoms with van der Waals surface area (Å²) in [5.74, 6) is 5.01. The third-order valence-electron chi connectivity index (χ3n) is 4.48. The van der Waals surface area contributed by atoms with Gasteiger partial charge in [-0.05, 0) is 36.1 Å². The Morgan fingerprint density at radius 3 is 2.64 bits per heavy atom. The molecule has 0 saturated heterocycles. The maximum Gasteiger partial charge on any atom is 0.359 e. The molecule has 3 rings (SSSR count). The second kappa shape index (κ2) is 8.41. The normalized spacial score (nSPS) is 16.5. The van der Waals surface area contributed by atoms with Crippen LogP contribution in [-0.4, -0.2) is 47.1 Å². The molecule has 10 heteroatoms. The Morgan fingerprint density at radius 2 is 2.00 bits per heavy atom. The number of ether oxygens (including phenoxy) is 2. The van der Waals surface area contributed by atoms with Crippen molar-refractivity contribution in [2.45, 2.75) is 36.9 Å². The molecule has 0 radical (unpaired) electrons. The molecule has 1 saturated carbocycles. The lowest BCUT2D eigenvalue weighted by atomic mass is 9.88. The van der Waals surface area contributed by atoms with E-state index >= 15 is 0 Å². The van der Waals surface area contributed by atoms with E-state index in [0.717, 1.165) is 19.3 Å². The van der Waals surface area contributed by atoms with E-state index in [1.807, 2.05) is 0 Å². The Labute approximate surface area is 163 Å². The molecule has 1 heterocycles. The molecule has 28 heavy (non-hydrogen) atoms. The van der Waals surface area contributed by atoms with Crippen LogP contribution in [0, 0.1) is 11.8 Å². The summed E-state index contributed by atoms with van der Waals surface area (Å²) in [6.07, 6.45) is 3.65. The Kier molecular flexibility index (Phi) is 5.96. The monoisotopic (exact) mass is 404 g/mol. The number of carboxylic acids is 1. The summed E-state index contributed by atoms with van der Waals surface area (Å²) >= 11 is -2.31. The van der Waals surface area contributed by atoms with Crippen LogP contribution in [0.25, 0.3) is 0 Å². The van der Waals surface area contributed by atoms with Crippen LogP contribution in [0.15, 0.2) is 18.2 Å². The van der Waals surface area contributed by atoms with Gasteiger partial charge in [0.2, 0.25) is 5.69 Å². The molecular formula is C18H18N3O6S-. The molecule has 2 aromatic rings. The fourth-order valence-corrected chi connectivity index (χ4v) is 3.76. The number of carboxylic acid groups (broad SMARTS) is 1. The summed E-state index contributed by atoms with van der Waals surface area (Å²) in [5.41, 5.74) is 0.184. The topological polar surface area (TPSA) is 137 Å². The quantitative estimate of drug-likeness (QED) is 0.572. The molecule has 1 aliphatic carbocycles. The molecule has 0 bridgehead atoms. The largest absolute Gasteiger partial charge is 0.771 e. The minimum absolute atomic E-state index is 0.205. The summed E-state index contributed by atoms with van der Waals surface area (Å²) in [6.45, 7) is 0. The number of aromatic carboxylic acids is 1. The average Bonchev–Trinajstić information content (AvgIpc) is 3.15. The molecule has 1 aliphatic rings. The summed E-state index contributed by atoms with van der Waals surface area (Å²) in [6, 6.07) is 4.73. The number of hydrogen-bond acceptors (Lipinski definition) is 7. The van der Waals surface area contributed by atoms with Gasteiger partial charge in [-0.3, -0.25) is 4.21 Å². The van der Waals surface area contributed by atoms with Crippen LogP contribution in [0.5, 0.6) is 17.4 Å². The van der Waals surface area contributed by atoms with Crippen LogP contribution in [0.1, 0.15) is 48.2 Å². The Hall–Kier alpha value is -2.90. The van der Waals surface area contributed by atoms with Crippen molar-refractivity contribution in [1.82, 2.24) is 15.4 Å². The molecule has 2 N–H and O–H groups in total. The third-order valence-corrected chi connectivity index (χ3v) is 5.62. The number of aromatic nitrogens is 3. The summed E-state index contributed by atoms with van der Waals surface area (Å²) in [5, 5.41) is 18.4. The van der Waals surface area contributed by atoms with Crippen molar-refractivity contribution >= 4 is 17.0 Å². The van der Waals surface area contributed by atoms with E-state index in [9.17, 15) is 13.6 Å². The van der Waals surface area contributed by atoms with E-state index in [2.05, 4.69) is 27.3 Å². The van der Waals surface area contributed by atoms with Gasteiger partial charge in [0.05, 0.1) is 11.9 Å². The van der Waals surface area contributed by atoms with Gasteiger partial charge in [-0.15, -0.1) is 0 Å². The van der Waals surface area contributed by atoms with Gasteiger partial charge in [0.25, 0.3) is 5.88 Å². The Balaban J connectivity index is 1.93. The smallest absolute Gasteiger partial charge is 0.359 e. The van der Waals surface area contributed by atoms with Gasteiger partial charge in [0.1, 0.15) is 11.5 Å². The zero-order valence-corrected chi connectivity index (χ0v) is 15.9. The van der Waals surface area contributed by atoms with Gasteiger partial charge in [-0.1, -0.05) is 41.4 Å². The van der Waals surface area contributed by atoms with E-state index in [1.54, 1.807) is 12.1 Å². The highest BCUT2D eigenvalue weighted by Crippen LogP contribution is 2.33. The van der Waals surface area contributed by atoms with E-state index in [1.165, 1.54) is 13.2 Å². The minimum Gasteiger partial charge on any atom is -0.771 e. The number of hydrogen-bond donors (Lipinski definition) is 2. The minimum atomic E-state index is -2.31. The molecule has 0 spiro atoms. The number of aromatic amines is 1. The van der Waals surface area contributed by atoms with Crippen molar-refractivity contribution in [3.63, 3.8) is 0 Å². The van der Waals surface area contributed by atoms with Gasteiger partial charge in [0.15, 0.2) is 0 Å². The summed E-state index contributed by atoms with van der Waals surface area (Å²) < 4.78 is 33.2. The summed E-state index contributed by atoms with van der Waals surface area (Å²) in [7, 11) is 1.46. The van der Waals surface area contributed by atoms with E-state index in [4.69, 9.17) is 14.6 Å². The number of benzene rings is 1.